The summed E-state index contributed by atoms with van der Waals surface area (Å²) in [6.45, 7) is 8.77. The second-order valence-corrected chi connectivity index (χ2v) is 9.70. The van der Waals surface area contributed by atoms with E-state index in [1.165, 1.54) is 16.7 Å². The van der Waals surface area contributed by atoms with Crippen LogP contribution in [0.4, 0.5) is 5.69 Å². The minimum atomic E-state index is 0.0631. The summed E-state index contributed by atoms with van der Waals surface area (Å²) in [6, 6.07) is 16.3. The molecular formula is C26H30N2O2. The summed E-state index contributed by atoms with van der Waals surface area (Å²) >= 11 is 0. The van der Waals surface area contributed by atoms with Crippen molar-refractivity contribution in [2.75, 3.05) is 5.32 Å². The molecule has 30 heavy (non-hydrogen) atoms. The summed E-state index contributed by atoms with van der Waals surface area (Å²) in [5.41, 5.74) is 6.65. The molecule has 0 saturated carbocycles. The highest BCUT2D eigenvalue weighted by molar-refractivity contribution is 5.91. The fourth-order valence-corrected chi connectivity index (χ4v) is 4.56. The minimum absolute atomic E-state index is 0.0631. The number of carbonyl (C=O) groups is 1. The normalized spacial score (nSPS) is 14.0. The molecule has 1 aliphatic rings. The maximum atomic E-state index is 12.4. The first-order chi connectivity index (χ1) is 14.3. The van der Waals surface area contributed by atoms with E-state index >= 15 is 0 Å². The Morgan fingerprint density at radius 1 is 1.10 bits per heavy atom. The van der Waals surface area contributed by atoms with Crippen LogP contribution in [0.3, 0.4) is 0 Å². The molecule has 4 nitrogen and oxygen atoms in total. The lowest BCUT2D eigenvalue weighted by Crippen LogP contribution is -2.18. The molecule has 0 aliphatic heterocycles. The standard InChI is InChI=1S/C26H30N2O2/c1-17(16-26(2,3)4)15-23(29)27-20-12-9-19(10-13-20)25-22-14-11-18-7-5-6-8-21(18)24(22)28-30-25/h5-10,12-13,17H,11,14-16H2,1-4H3,(H,27,29)/t17-/m1/s1. The molecule has 0 radical (unpaired) electrons. The number of hydrogen-bond donors (Lipinski definition) is 1. The van der Waals surface area contributed by atoms with E-state index in [4.69, 9.17) is 4.52 Å². The highest BCUT2D eigenvalue weighted by Crippen LogP contribution is 2.38. The molecule has 0 spiro atoms. The summed E-state index contributed by atoms with van der Waals surface area (Å²) in [7, 11) is 0. The molecule has 0 bridgehead atoms. The van der Waals surface area contributed by atoms with Gasteiger partial charge in [0.15, 0.2) is 5.76 Å². The third-order valence-corrected chi connectivity index (χ3v) is 5.63. The van der Waals surface area contributed by atoms with Crippen LogP contribution in [0.2, 0.25) is 0 Å². The average molecular weight is 403 g/mol. The summed E-state index contributed by atoms with van der Waals surface area (Å²) < 4.78 is 5.74. The fourth-order valence-electron chi connectivity index (χ4n) is 4.56. The second kappa shape index (κ2) is 8.10. The van der Waals surface area contributed by atoms with Crippen molar-refractivity contribution in [3.8, 4) is 22.6 Å². The third-order valence-electron chi connectivity index (χ3n) is 5.63. The van der Waals surface area contributed by atoms with Crippen LogP contribution in [-0.2, 0) is 17.6 Å². The lowest BCUT2D eigenvalue weighted by molar-refractivity contribution is -0.117. The maximum absolute atomic E-state index is 12.4. The summed E-state index contributed by atoms with van der Waals surface area (Å²) in [4.78, 5) is 12.4. The van der Waals surface area contributed by atoms with E-state index in [1.54, 1.807) is 0 Å². The molecule has 3 aromatic rings. The molecule has 2 aromatic carbocycles. The average Bonchev–Trinajstić information content (AvgIpc) is 3.11. The molecule has 156 valence electrons. The van der Waals surface area contributed by atoms with Crippen LogP contribution in [0.25, 0.3) is 22.6 Å². The first-order valence-corrected chi connectivity index (χ1v) is 10.8. The lowest BCUT2D eigenvalue weighted by Gasteiger charge is -2.22. The number of anilines is 1. The number of aryl methyl sites for hydroxylation is 1. The van der Waals surface area contributed by atoms with Gasteiger partial charge in [-0.15, -0.1) is 0 Å². The Hall–Kier alpha value is -2.88. The molecule has 4 heteroatoms. The Bertz CT molecular complexity index is 1040. The number of aromatic nitrogens is 1. The minimum Gasteiger partial charge on any atom is -0.355 e. The summed E-state index contributed by atoms with van der Waals surface area (Å²) in [6.07, 6.45) is 3.49. The number of amides is 1. The maximum Gasteiger partial charge on any atom is 0.224 e. The summed E-state index contributed by atoms with van der Waals surface area (Å²) in [5, 5.41) is 7.38. The molecule has 0 unspecified atom stereocenters. The Balaban J connectivity index is 1.45. The van der Waals surface area contributed by atoms with Gasteiger partial charge < -0.3 is 9.84 Å². The quantitative estimate of drug-likeness (QED) is 0.529. The van der Waals surface area contributed by atoms with Crippen molar-refractivity contribution < 1.29 is 9.32 Å². The molecule has 1 heterocycles. The van der Waals surface area contributed by atoms with Crippen LogP contribution in [-0.4, -0.2) is 11.1 Å². The zero-order valence-electron chi connectivity index (χ0n) is 18.3. The Morgan fingerprint density at radius 2 is 1.83 bits per heavy atom. The molecule has 1 N–H and O–H groups in total. The number of hydrogen-bond acceptors (Lipinski definition) is 3. The predicted octanol–water partition coefficient (Wildman–Crippen LogP) is 6.51. The zero-order valence-corrected chi connectivity index (χ0v) is 18.3. The van der Waals surface area contributed by atoms with Gasteiger partial charge >= 0.3 is 0 Å². The van der Waals surface area contributed by atoms with E-state index < -0.39 is 0 Å². The van der Waals surface area contributed by atoms with Crippen molar-refractivity contribution >= 4 is 11.6 Å². The monoisotopic (exact) mass is 402 g/mol. The van der Waals surface area contributed by atoms with Gasteiger partial charge in [-0.3, -0.25) is 4.79 Å². The van der Waals surface area contributed by atoms with Crippen molar-refractivity contribution in [2.45, 2.75) is 53.4 Å². The molecule has 1 amide bonds. The van der Waals surface area contributed by atoms with Gasteiger partial charge in [0.05, 0.1) is 0 Å². The number of carbonyl (C=O) groups excluding carboxylic acids is 1. The van der Waals surface area contributed by atoms with Gasteiger partial charge in [0, 0.05) is 28.8 Å². The first-order valence-electron chi connectivity index (χ1n) is 10.8. The van der Waals surface area contributed by atoms with Crippen LogP contribution >= 0.6 is 0 Å². The number of benzene rings is 2. The Labute approximate surface area is 178 Å². The summed E-state index contributed by atoms with van der Waals surface area (Å²) in [5.74, 6) is 1.25. The van der Waals surface area contributed by atoms with Crippen LogP contribution in [0.15, 0.2) is 53.1 Å². The molecular weight excluding hydrogens is 372 g/mol. The highest BCUT2D eigenvalue weighted by atomic mass is 16.5. The van der Waals surface area contributed by atoms with Gasteiger partial charge in [-0.2, -0.15) is 0 Å². The van der Waals surface area contributed by atoms with Crippen molar-refractivity contribution in [3.63, 3.8) is 0 Å². The van der Waals surface area contributed by atoms with E-state index in [1.807, 2.05) is 30.3 Å². The predicted molar refractivity (Wildman–Crippen MR) is 121 cm³/mol. The van der Waals surface area contributed by atoms with E-state index in [-0.39, 0.29) is 11.3 Å². The van der Waals surface area contributed by atoms with Crippen molar-refractivity contribution in [1.29, 1.82) is 0 Å². The Kier molecular flexibility index (Phi) is 5.50. The van der Waals surface area contributed by atoms with Gasteiger partial charge in [0.1, 0.15) is 5.69 Å². The second-order valence-electron chi connectivity index (χ2n) is 9.70. The molecule has 1 aliphatic carbocycles. The first kappa shape index (κ1) is 20.4. The van der Waals surface area contributed by atoms with E-state index in [0.29, 0.717) is 12.3 Å². The van der Waals surface area contributed by atoms with Crippen LogP contribution in [0, 0.1) is 11.3 Å². The zero-order chi connectivity index (χ0) is 21.3. The van der Waals surface area contributed by atoms with E-state index in [9.17, 15) is 4.79 Å². The SMILES string of the molecule is C[C@H](CC(=O)Nc1ccc(-c2onc3c2CCc2ccccc2-3)cc1)CC(C)(C)C. The van der Waals surface area contributed by atoms with Gasteiger partial charge in [0.25, 0.3) is 0 Å². The van der Waals surface area contributed by atoms with Gasteiger partial charge in [0.2, 0.25) is 5.91 Å². The number of fused-ring (bicyclic) bond motifs is 3. The van der Waals surface area contributed by atoms with Gasteiger partial charge in [-0.05, 0) is 60.4 Å². The molecule has 4 rings (SSSR count). The smallest absolute Gasteiger partial charge is 0.224 e. The topological polar surface area (TPSA) is 55.1 Å². The van der Waals surface area contributed by atoms with Gasteiger partial charge in [-0.1, -0.05) is 57.1 Å². The van der Waals surface area contributed by atoms with Crippen LogP contribution in [0.5, 0.6) is 0 Å². The highest BCUT2D eigenvalue weighted by Gasteiger charge is 2.24. The van der Waals surface area contributed by atoms with Crippen LogP contribution < -0.4 is 5.32 Å². The van der Waals surface area contributed by atoms with Crippen molar-refractivity contribution in [3.05, 3.63) is 59.7 Å². The Morgan fingerprint density at radius 3 is 2.57 bits per heavy atom. The number of rotatable bonds is 5. The van der Waals surface area contributed by atoms with E-state index in [2.05, 4.69) is 56.4 Å². The largest absolute Gasteiger partial charge is 0.355 e. The van der Waals surface area contributed by atoms with Crippen LogP contribution in [0.1, 0.15) is 51.7 Å². The fraction of sp³-hybridized carbons (Fsp3) is 0.385. The molecule has 0 fully saturated rings. The third kappa shape index (κ3) is 4.48. The molecule has 0 saturated heterocycles. The van der Waals surface area contributed by atoms with Crippen molar-refractivity contribution in [1.82, 2.24) is 5.16 Å². The lowest BCUT2D eigenvalue weighted by atomic mass is 9.84. The number of nitrogens with one attached hydrogen (secondary N) is 1. The number of nitrogens with zero attached hydrogens (tertiary/aromatic N) is 1. The molecule has 1 aromatic heterocycles. The van der Waals surface area contributed by atoms with E-state index in [0.717, 1.165) is 42.0 Å². The molecule has 1 atom stereocenters. The van der Waals surface area contributed by atoms with Gasteiger partial charge in [-0.25, -0.2) is 0 Å². The van der Waals surface area contributed by atoms with Crippen molar-refractivity contribution in [2.24, 2.45) is 11.3 Å².